The van der Waals surface area contributed by atoms with Gasteiger partial charge in [-0.1, -0.05) is 6.92 Å². The van der Waals surface area contributed by atoms with Gasteiger partial charge in [-0.05, 0) is 18.6 Å². The summed E-state index contributed by atoms with van der Waals surface area (Å²) in [5, 5.41) is 8.14. The zero-order valence-electron chi connectivity index (χ0n) is 12.5. The molecule has 8 heteroatoms. The lowest BCUT2D eigenvalue weighted by atomic mass is 10.2. The largest absolute Gasteiger partial charge is 0.397 e. The van der Waals surface area contributed by atoms with Crippen molar-refractivity contribution in [3.05, 3.63) is 47.0 Å². The van der Waals surface area contributed by atoms with Gasteiger partial charge in [0.25, 0.3) is 5.56 Å². The highest BCUT2D eigenvalue weighted by Crippen LogP contribution is 2.24. The topological polar surface area (TPSA) is 107 Å². The molecule has 0 bridgehead atoms. The third-order valence-electron chi connectivity index (χ3n) is 3.82. The average Bonchev–Trinajstić information content (AvgIpc) is 3.18. The van der Waals surface area contributed by atoms with E-state index < -0.39 is 0 Å². The van der Waals surface area contributed by atoms with E-state index in [1.165, 1.54) is 0 Å². The van der Waals surface area contributed by atoms with Gasteiger partial charge >= 0.3 is 0 Å². The molecule has 3 aromatic heterocycles. The van der Waals surface area contributed by atoms with Crippen LogP contribution >= 0.6 is 0 Å². The Kier molecular flexibility index (Phi) is 2.90. The van der Waals surface area contributed by atoms with Crippen molar-refractivity contribution in [3.63, 3.8) is 0 Å². The molecule has 0 saturated carbocycles. The van der Waals surface area contributed by atoms with E-state index in [-0.39, 0.29) is 11.2 Å². The molecule has 0 atom stereocenters. The van der Waals surface area contributed by atoms with E-state index in [2.05, 4.69) is 27.1 Å². The third-order valence-corrected chi connectivity index (χ3v) is 3.82. The maximum absolute atomic E-state index is 12.3. The summed E-state index contributed by atoms with van der Waals surface area (Å²) in [6.45, 7) is 2.06. The first-order valence-corrected chi connectivity index (χ1v) is 7.37. The van der Waals surface area contributed by atoms with Gasteiger partial charge in [-0.3, -0.25) is 9.20 Å². The van der Waals surface area contributed by atoms with Crippen LogP contribution in [0.5, 0.6) is 0 Å². The molecule has 0 aliphatic carbocycles. The molecule has 3 heterocycles. The van der Waals surface area contributed by atoms with Crippen molar-refractivity contribution in [1.29, 1.82) is 0 Å². The van der Waals surface area contributed by atoms with Crippen molar-refractivity contribution < 1.29 is 0 Å². The SMILES string of the molecule is CCCc1nnc2c(=O)[nH]c3cc(-n4ccnc4)c(N)cc3n12. The minimum atomic E-state index is -0.270. The number of aromatic amines is 1. The van der Waals surface area contributed by atoms with E-state index in [1.807, 2.05) is 12.1 Å². The molecule has 116 valence electrons. The molecule has 0 aliphatic rings. The molecule has 0 spiro atoms. The van der Waals surface area contributed by atoms with E-state index in [0.29, 0.717) is 11.2 Å². The number of fused-ring (bicyclic) bond motifs is 3. The number of nitrogens with two attached hydrogens (primary N) is 1. The molecule has 0 unspecified atom stereocenters. The molecular weight excluding hydrogens is 294 g/mol. The summed E-state index contributed by atoms with van der Waals surface area (Å²) in [4.78, 5) is 19.1. The van der Waals surface area contributed by atoms with E-state index in [0.717, 1.165) is 29.9 Å². The monoisotopic (exact) mass is 309 g/mol. The summed E-state index contributed by atoms with van der Waals surface area (Å²) in [5.74, 6) is 0.758. The highest BCUT2D eigenvalue weighted by molar-refractivity contribution is 5.85. The van der Waals surface area contributed by atoms with Crippen LogP contribution in [0.25, 0.3) is 22.4 Å². The van der Waals surface area contributed by atoms with Crippen LogP contribution < -0.4 is 11.3 Å². The van der Waals surface area contributed by atoms with Crippen LogP contribution in [0.3, 0.4) is 0 Å². The Morgan fingerprint density at radius 3 is 2.91 bits per heavy atom. The predicted octanol–water partition coefficient (Wildman–Crippen LogP) is 1.29. The van der Waals surface area contributed by atoms with Crippen LogP contribution in [0.2, 0.25) is 0 Å². The molecule has 0 fully saturated rings. The molecule has 23 heavy (non-hydrogen) atoms. The van der Waals surface area contributed by atoms with Crippen LogP contribution in [0.4, 0.5) is 5.69 Å². The smallest absolute Gasteiger partial charge is 0.294 e. The second-order valence-electron chi connectivity index (χ2n) is 5.38. The van der Waals surface area contributed by atoms with Crippen molar-refractivity contribution >= 4 is 22.4 Å². The second-order valence-corrected chi connectivity index (χ2v) is 5.38. The highest BCUT2D eigenvalue weighted by atomic mass is 16.1. The first kappa shape index (κ1) is 13.5. The lowest BCUT2D eigenvalue weighted by molar-refractivity contribution is 0.825. The summed E-state index contributed by atoms with van der Waals surface area (Å²) < 4.78 is 3.59. The van der Waals surface area contributed by atoms with Crippen LogP contribution in [0.1, 0.15) is 19.2 Å². The second kappa shape index (κ2) is 4.94. The molecule has 8 nitrogen and oxygen atoms in total. The van der Waals surface area contributed by atoms with Crippen molar-refractivity contribution in [2.75, 3.05) is 5.73 Å². The van der Waals surface area contributed by atoms with Crippen LogP contribution in [-0.4, -0.2) is 29.1 Å². The molecule has 1 aromatic carbocycles. The number of H-pyrrole nitrogens is 1. The van der Waals surface area contributed by atoms with Gasteiger partial charge in [-0.15, -0.1) is 10.2 Å². The van der Waals surface area contributed by atoms with E-state index in [4.69, 9.17) is 5.73 Å². The van der Waals surface area contributed by atoms with Crippen LogP contribution in [0, 0.1) is 0 Å². The zero-order valence-corrected chi connectivity index (χ0v) is 12.5. The molecular formula is C15H15N7O. The van der Waals surface area contributed by atoms with Crippen molar-refractivity contribution in [3.8, 4) is 5.69 Å². The molecule has 0 saturated heterocycles. The summed E-state index contributed by atoms with van der Waals surface area (Å²) in [6, 6.07) is 3.67. The number of nitrogens with zero attached hydrogens (tertiary/aromatic N) is 5. The van der Waals surface area contributed by atoms with Crippen LogP contribution in [0.15, 0.2) is 35.6 Å². The molecule has 3 N–H and O–H groups in total. The van der Waals surface area contributed by atoms with Gasteiger partial charge in [-0.2, -0.15) is 0 Å². The summed E-state index contributed by atoms with van der Waals surface area (Å²) >= 11 is 0. The molecule has 4 rings (SSSR count). The van der Waals surface area contributed by atoms with Crippen LogP contribution in [-0.2, 0) is 6.42 Å². The Morgan fingerprint density at radius 2 is 2.17 bits per heavy atom. The van der Waals surface area contributed by atoms with Gasteiger partial charge < -0.3 is 15.3 Å². The summed E-state index contributed by atoms with van der Waals surface area (Å²) in [5.41, 5.74) is 9.03. The van der Waals surface area contributed by atoms with Gasteiger partial charge in [0.15, 0.2) is 0 Å². The molecule has 0 amide bonds. The minimum Gasteiger partial charge on any atom is -0.397 e. The molecule has 4 aromatic rings. The Bertz CT molecular complexity index is 1060. The minimum absolute atomic E-state index is 0.270. The normalized spacial score (nSPS) is 11.5. The van der Waals surface area contributed by atoms with E-state index in [9.17, 15) is 4.79 Å². The van der Waals surface area contributed by atoms with Gasteiger partial charge in [-0.25, -0.2) is 4.98 Å². The number of rotatable bonds is 3. The molecule has 0 radical (unpaired) electrons. The van der Waals surface area contributed by atoms with Gasteiger partial charge in [0.05, 0.1) is 28.7 Å². The maximum atomic E-state index is 12.3. The Morgan fingerprint density at radius 1 is 1.30 bits per heavy atom. The highest BCUT2D eigenvalue weighted by Gasteiger charge is 2.14. The average molecular weight is 309 g/mol. The number of aryl methyl sites for hydroxylation is 1. The zero-order chi connectivity index (χ0) is 16.0. The Hall–Kier alpha value is -3.16. The van der Waals surface area contributed by atoms with E-state index in [1.54, 1.807) is 27.7 Å². The maximum Gasteiger partial charge on any atom is 0.294 e. The van der Waals surface area contributed by atoms with Crippen molar-refractivity contribution in [2.24, 2.45) is 0 Å². The fourth-order valence-electron chi connectivity index (χ4n) is 2.78. The number of nitrogen functional groups attached to an aromatic ring is 1. The number of benzene rings is 1. The predicted molar refractivity (Wildman–Crippen MR) is 86.6 cm³/mol. The number of anilines is 1. The standard InChI is InChI=1S/C15H15N7O/c1-2-3-13-19-20-14-15(23)18-10-7-11(21-5-4-17-8-21)9(16)6-12(10)22(13)14/h4-8H,2-3,16H2,1H3,(H,18,23). The lowest BCUT2D eigenvalue weighted by Crippen LogP contribution is -2.13. The fraction of sp³-hybridized carbons (Fsp3) is 0.200. The fourth-order valence-corrected chi connectivity index (χ4v) is 2.78. The summed E-state index contributed by atoms with van der Waals surface area (Å²) in [6.07, 6.45) is 6.79. The number of imidazole rings is 1. The quantitative estimate of drug-likeness (QED) is 0.555. The van der Waals surface area contributed by atoms with Gasteiger partial charge in [0, 0.05) is 18.8 Å². The van der Waals surface area contributed by atoms with Gasteiger partial charge in [0.1, 0.15) is 5.82 Å². The number of hydrogen-bond donors (Lipinski definition) is 2. The summed E-state index contributed by atoms with van der Waals surface area (Å²) in [7, 11) is 0. The van der Waals surface area contributed by atoms with Crippen molar-refractivity contribution in [1.82, 2.24) is 29.1 Å². The third kappa shape index (κ3) is 1.99. The molecule has 0 aliphatic heterocycles. The number of nitrogens with one attached hydrogen (secondary N) is 1. The van der Waals surface area contributed by atoms with Crippen molar-refractivity contribution in [2.45, 2.75) is 19.8 Å². The Labute approximate surface area is 130 Å². The van der Waals surface area contributed by atoms with Gasteiger partial charge in [0.2, 0.25) is 5.65 Å². The first-order chi connectivity index (χ1) is 11.2. The first-order valence-electron chi connectivity index (χ1n) is 7.37. The lowest BCUT2D eigenvalue weighted by Gasteiger charge is -2.10. The van der Waals surface area contributed by atoms with E-state index >= 15 is 0 Å². The number of hydrogen-bond acceptors (Lipinski definition) is 5. The number of aromatic nitrogens is 6. The Balaban J connectivity index is 2.09.